The number of hydrogen-bond donors (Lipinski definition) is 0. The minimum Gasteiger partial charge on any atom is -0.457 e. The van der Waals surface area contributed by atoms with E-state index < -0.39 is 5.97 Å². The minimum absolute atomic E-state index is 0.133. The second-order valence-electron chi connectivity index (χ2n) is 7.73. The van der Waals surface area contributed by atoms with Crippen molar-refractivity contribution >= 4 is 17.5 Å². The second kappa shape index (κ2) is 8.37. The van der Waals surface area contributed by atoms with Gasteiger partial charge in [-0.05, 0) is 52.7 Å². The molecule has 4 aromatic rings. The molecule has 0 atom stereocenters. The molecule has 32 heavy (non-hydrogen) atoms. The van der Waals surface area contributed by atoms with Crippen molar-refractivity contribution in [3.63, 3.8) is 0 Å². The van der Waals surface area contributed by atoms with Crippen LogP contribution in [-0.4, -0.2) is 47.7 Å². The van der Waals surface area contributed by atoms with E-state index in [1.54, 1.807) is 23.6 Å². The molecule has 0 saturated carbocycles. The molecule has 166 valence electrons. The van der Waals surface area contributed by atoms with Gasteiger partial charge in [-0.2, -0.15) is 10.1 Å². The fourth-order valence-electron chi connectivity index (χ4n) is 3.90. The molecule has 0 saturated heterocycles. The summed E-state index contributed by atoms with van der Waals surface area (Å²) in [6.45, 7) is 8.97. The number of fused-ring (bicyclic) bond motifs is 1. The van der Waals surface area contributed by atoms with Crippen LogP contribution in [0.15, 0.2) is 23.0 Å². The Kier molecular flexibility index (Phi) is 5.60. The number of aromatic nitrogens is 6. The Morgan fingerprint density at radius 2 is 1.88 bits per heavy atom. The summed E-state index contributed by atoms with van der Waals surface area (Å²) >= 11 is 0. The molecule has 10 heteroatoms. The number of rotatable bonds is 7. The number of ether oxygens (including phenoxy) is 1. The van der Waals surface area contributed by atoms with E-state index in [1.807, 2.05) is 32.3 Å². The normalized spacial score (nSPS) is 11.3. The molecule has 0 N–H and O–H groups in total. The lowest BCUT2D eigenvalue weighted by Crippen LogP contribution is -2.16. The number of nitrogens with zero attached hydrogens (tertiary/aromatic N) is 6. The summed E-state index contributed by atoms with van der Waals surface area (Å²) in [4.78, 5) is 33.5. The maximum Gasteiger partial charge on any atom is 0.306 e. The predicted molar refractivity (Wildman–Crippen MR) is 114 cm³/mol. The monoisotopic (exact) mass is 436 g/mol. The first-order valence-electron chi connectivity index (χ1n) is 10.2. The first-order valence-corrected chi connectivity index (χ1v) is 10.2. The Balaban J connectivity index is 1.39. The molecule has 0 radical (unpaired) electrons. The van der Waals surface area contributed by atoms with Gasteiger partial charge in [0.15, 0.2) is 12.4 Å². The summed E-state index contributed by atoms with van der Waals surface area (Å²) < 4.78 is 13.9. The summed E-state index contributed by atoms with van der Waals surface area (Å²) in [6.07, 6.45) is 2.01. The van der Waals surface area contributed by atoms with Gasteiger partial charge < -0.3 is 9.26 Å². The van der Waals surface area contributed by atoms with Crippen LogP contribution in [0, 0.1) is 34.6 Å². The molecule has 0 aliphatic carbocycles. The van der Waals surface area contributed by atoms with Crippen LogP contribution < -0.4 is 0 Å². The summed E-state index contributed by atoms with van der Waals surface area (Å²) in [5.74, 6) is 1.10. The molecule has 0 aliphatic rings. The molecule has 0 aliphatic heterocycles. The second-order valence-corrected chi connectivity index (χ2v) is 7.73. The van der Waals surface area contributed by atoms with Crippen LogP contribution >= 0.6 is 0 Å². The zero-order valence-electron chi connectivity index (χ0n) is 18.7. The van der Waals surface area contributed by atoms with Gasteiger partial charge in [-0.15, -0.1) is 0 Å². The van der Waals surface area contributed by atoms with Gasteiger partial charge in [0.1, 0.15) is 12.1 Å². The van der Waals surface area contributed by atoms with Crippen LogP contribution in [0.3, 0.4) is 0 Å². The van der Waals surface area contributed by atoms with Crippen molar-refractivity contribution in [1.29, 1.82) is 0 Å². The van der Waals surface area contributed by atoms with Crippen LogP contribution in [0.1, 0.15) is 50.9 Å². The first kappa shape index (κ1) is 21.4. The van der Waals surface area contributed by atoms with Crippen molar-refractivity contribution in [2.24, 2.45) is 0 Å². The largest absolute Gasteiger partial charge is 0.457 e. The van der Waals surface area contributed by atoms with Crippen LogP contribution in [0.5, 0.6) is 0 Å². The Labute approximate surface area is 184 Å². The minimum atomic E-state index is -0.447. The van der Waals surface area contributed by atoms with Crippen LogP contribution in [0.4, 0.5) is 0 Å². The average molecular weight is 436 g/mol. The van der Waals surface area contributed by atoms with E-state index in [0.717, 1.165) is 28.3 Å². The summed E-state index contributed by atoms with van der Waals surface area (Å²) in [7, 11) is 0. The van der Waals surface area contributed by atoms with E-state index in [9.17, 15) is 9.59 Å². The van der Waals surface area contributed by atoms with Crippen molar-refractivity contribution in [3.05, 3.63) is 58.1 Å². The number of ketones is 1. The van der Waals surface area contributed by atoms with Gasteiger partial charge in [0, 0.05) is 40.8 Å². The van der Waals surface area contributed by atoms with Gasteiger partial charge in [0.05, 0.1) is 0 Å². The smallest absolute Gasteiger partial charge is 0.306 e. The quantitative estimate of drug-likeness (QED) is 0.321. The molecule has 0 unspecified atom stereocenters. The van der Waals surface area contributed by atoms with E-state index in [0.29, 0.717) is 29.3 Å². The van der Waals surface area contributed by atoms with Crippen molar-refractivity contribution in [3.8, 4) is 5.82 Å². The molecular formula is C22H24N6O4. The van der Waals surface area contributed by atoms with Gasteiger partial charge in [-0.3, -0.25) is 14.2 Å². The third kappa shape index (κ3) is 3.91. The molecule has 0 fully saturated rings. The Morgan fingerprint density at radius 1 is 1.09 bits per heavy atom. The van der Waals surface area contributed by atoms with Crippen molar-refractivity contribution < 1.29 is 18.8 Å². The fourth-order valence-corrected chi connectivity index (χ4v) is 3.90. The molecular weight excluding hydrogens is 412 g/mol. The fraction of sp³-hybridized carbons (Fsp3) is 0.364. The molecule has 0 amide bonds. The number of carbonyl (C=O) groups excluding carboxylic acids is 2. The third-order valence-corrected chi connectivity index (χ3v) is 5.51. The van der Waals surface area contributed by atoms with E-state index in [-0.39, 0.29) is 18.8 Å². The zero-order valence-corrected chi connectivity index (χ0v) is 18.7. The number of aryl methyl sites for hydroxylation is 4. The van der Waals surface area contributed by atoms with Gasteiger partial charge >= 0.3 is 5.97 Å². The van der Waals surface area contributed by atoms with Crippen molar-refractivity contribution in [1.82, 2.24) is 29.3 Å². The number of carbonyl (C=O) groups is 2. The third-order valence-electron chi connectivity index (χ3n) is 5.51. The van der Waals surface area contributed by atoms with Crippen LogP contribution in [0.2, 0.25) is 0 Å². The highest BCUT2D eigenvalue weighted by Gasteiger charge is 2.20. The lowest BCUT2D eigenvalue weighted by atomic mass is 10.1. The Morgan fingerprint density at radius 3 is 2.59 bits per heavy atom. The SMILES string of the molecule is Cc1cc(-n2c(C)cc(C(=O)COC(=O)CCc3c(C)nc4ncnn4c3C)c2C)no1. The molecule has 4 heterocycles. The summed E-state index contributed by atoms with van der Waals surface area (Å²) in [5, 5.41) is 8.16. The summed E-state index contributed by atoms with van der Waals surface area (Å²) in [5.41, 5.74) is 4.63. The van der Waals surface area contributed by atoms with Gasteiger partial charge in [0.2, 0.25) is 5.78 Å². The Hall–Kier alpha value is -3.82. The van der Waals surface area contributed by atoms with Gasteiger partial charge in [-0.1, -0.05) is 5.16 Å². The average Bonchev–Trinajstić information content (AvgIpc) is 3.45. The number of esters is 1. The maximum atomic E-state index is 12.7. The molecule has 0 spiro atoms. The highest BCUT2D eigenvalue weighted by molar-refractivity contribution is 5.99. The molecule has 0 bridgehead atoms. The van der Waals surface area contributed by atoms with E-state index in [2.05, 4.69) is 20.2 Å². The van der Waals surface area contributed by atoms with Crippen LogP contribution in [0.25, 0.3) is 11.6 Å². The lowest BCUT2D eigenvalue weighted by Gasteiger charge is -2.10. The molecule has 10 nitrogen and oxygen atoms in total. The topological polar surface area (TPSA) is 117 Å². The highest BCUT2D eigenvalue weighted by atomic mass is 16.5. The standard InChI is InChI=1S/C22H24N6O4/c1-12-8-18(15(4)27(12)20-9-13(2)32-26-20)19(29)10-31-21(30)7-6-17-14(3)25-22-23-11-24-28(22)16(17)5/h8-9,11H,6-7,10H2,1-5H3. The molecule has 0 aromatic carbocycles. The van der Waals surface area contributed by atoms with E-state index >= 15 is 0 Å². The highest BCUT2D eigenvalue weighted by Crippen LogP contribution is 2.21. The van der Waals surface area contributed by atoms with Crippen molar-refractivity contribution in [2.75, 3.05) is 6.61 Å². The maximum absolute atomic E-state index is 12.7. The zero-order chi connectivity index (χ0) is 23.0. The van der Waals surface area contributed by atoms with E-state index in [4.69, 9.17) is 9.26 Å². The Bertz CT molecular complexity index is 1330. The first-order chi connectivity index (χ1) is 15.3. The lowest BCUT2D eigenvalue weighted by molar-refractivity contribution is -0.142. The van der Waals surface area contributed by atoms with Gasteiger partial charge in [-0.25, -0.2) is 9.50 Å². The van der Waals surface area contributed by atoms with E-state index in [1.165, 1.54) is 6.33 Å². The van der Waals surface area contributed by atoms with Crippen LogP contribution in [-0.2, 0) is 16.0 Å². The molecule has 4 rings (SSSR count). The van der Waals surface area contributed by atoms with Gasteiger partial charge in [0.25, 0.3) is 5.78 Å². The number of Topliss-reactive ketones (excluding diaryl/α,β-unsaturated/α-hetero) is 1. The predicted octanol–water partition coefficient (Wildman–Crippen LogP) is 2.80. The summed E-state index contributed by atoms with van der Waals surface area (Å²) in [6, 6.07) is 3.56. The molecule has 4 aromatic heterocycles. The number of hydrogen-bond acceptors (Lipinski definition) is 8. The van der Waals surface area contributed by atoms with Crippen molar-refractivity contribution in [2.45, 2.75) is 47.5 Å².